The number of rotatable bonds is 5. The van der Waals surface area contributed by atoms with Crippen LogP contribution in [0.4, 0.5) is 0 Å². The molecule has 1 N–H and O–H groups in total. The summed E-state index contributed by atoms with van der Waals surface area (Å²) in [5, 5.41) is 3.49. The largest absolute Gasteiger partial charge is 0.310 e. The first-order valence-corrected chi connectivity index (χ1v) is 5.73. The van der Waals surface area contributed by atoms with Gasteiger partial charge in [-0.25, -0.2) is 0 Å². The van der Waals surface area contributed by atoms with E-state index in [-0.39, 0.29) is 0 Å². The monoisotopic (exact) mass is 196 g/mol. The molecule has 1 saturated heterocycles. The molecule has 14 heavy (non-hydrogen) atoms. The Kier molecular flexibility index (Phi) is 4.63. The summed E-state index contributed by atoms with van der Waals surface area (Å²) in [5.41, 5.74) is 0. The number of hydrogen-bond acceptors (Lipinski definition) is 2. The molecule has 2 unspecified atom stereocenters. The van der Waals surface area contributed by atoms with Crippen LogP contribution in [0.1, 0.15) is 27.2 Å². The van der Waals surface area contributed by atoms with Crippen molar-refractivity contribution >= 4 is 0 Å². The third kappa shape index (κ3) is 3.43. The molecule has 1 aliphatic rings. The lowest BCUT2D eigenvalue weighted by Crippen LogP contribution is -2.33. The van der Waals surface area contributed by atoms with Gasteiger partial charge >= 0.3 is 0 Å². The maximum atomic E-state index is 3.78. The molecule has 0 aromatic rings. The second kappa shape index (κ2) is 5.52. The summed E-state index contributed by atoms with van der Waals surface area (Å²) in [6.07, 6.45) is 3.31. The van der Waals surface area contributed by atoms with Gasteiger partial charge in [0.2, 0.25) is 0 Å². The summed E-state index contributed by atoms with van der Waals surface area (Å²) in [6, 6.07) is 1.15. The summed E-state index contributed by atoms with van der Waals surface area (Å²) in [4.78, 5) is 2.56. The minimum absolute atomic E-state index is 0.447. The molecule has 1 rings (SSSR count). The summed E-state index contributed by atoms with van der Waals surface area (Å²) in [6.45, 7) is 14.2. The Morgan fingerprint density at radius 3 is 2.71 bits per heavy atom. The molecule has 0 aliphatic carbocycles. The lowest BCUT2D eigenvalue weighted by molar-refractivity contribution is 0.263. The first-order valence-electron chi connectivity index (χ1n) is 5.73. The Morgan fingerprint density at radius 1 is 1.50 bits per heavy atom. The van der Waals surface area contributed by atoms with Gasteiger partial charge < -0.3 is 10.2 Å². The molecule has 2 atom stereocenters. The minimum atomic E-state index is 0.447. The van der Waals surface area contributed by atoms with Gasteiger partial charge in [-0.1, -0.05) is 6.08 Å². The number of nitrogens with zero attached hydrogens (tertiary/aromatic N) is 1. The van der Waals surface area contributed by atoms with Crippen molar-refractivity contribution in [2.75, 3.05) is 19.6 Å². The zero-order valence-corrected chi connectivity index (χ0v) is 9.79. The summed E-state index contributed by atoms with van der Waals surface area (Å²) in [5.74, 6) is 0.833. The predicted molar refractivity (Wildman–Crippen MR) is 62.5 cm³/mol. The first kappa shape index (κ1) is 11.7. The van der Waals surface area contributed by atoms with E-state index in [9.17, 15) is 0 Å². The molecule has 2 heteroatoms. The molecule has 1 aliphatic heterocycles. The number of nitrogens with one attached hydrogen (secondary N) is 1. The van der Waals surface area contributed by atoms with Crippen LogP contribution < -0.4 is 5.32 Å². The van der Waals surface area contributed by atoms with Crippen LogP contribution in [0, 0.1) is 5.92 Å². The quantitative estimate of drug-likeness (QED) is 0.675. The molecule has 0 aromatic heterocycles. The van der Waals surface area contributed by atoms with E-state index in [1.165, 1.54) is 19.5 Å². The van der Waals surface area contributed by atoms with E-state index in [1.807, 2.05) is 6.08 Å². The molecule has 0 spiro atoms. The van der Waals surface area contributed by atoms with Gasteiger partial charge in [-0.15, -0.1) is 6.58 Å². The molecular weight excluding hydrogens is 172 g/mol. The average molecular weight is 196 g/mol. The van der Waals surface area contributed by atoms with Crippen LogP contribution in [0.2, 0.25) is 0 Å². The Morgan fingerprint density at radius 2 is 2.21 bits per heavy atom. The standard InChI is InChI=1S/C12H24N2/c1-5-11(4)13-8-12-6-7-14(9-12)10(2)3/h5,10-13H,1,6-9H2,2-4H3. The van der Waals surface area contributed by atoms with Crippen LogP contribution in [-0.4, -0.2) is 36.6 Å². The van der Waals surface area contributed by atoms with E-state index in [2.05, 4.69) is 37.6 Å². The number of hydrogen-bond donors (Lipinski definition) is 1. The van der Waals surface area contributed by atoms with Crippen molar-refractivity contribution in [3.8, 4) is 0 Å². The fraction of sp³-hybridized carbons (Fsp3) is 0.833. The smallest absolute Gasteiger partial charge is 0.0219 e. The molecule has 0 saturated carbocycles. The highest BCUT2D eigenvalue weighted by atomic mass is 15.2. The average Bonchev–Trinajstić information content (AvgIpc) is 2.62. The van der Waals surface area contributed by atoms with Crippen molar-refractivity contribution in [2.45, 2.75) is 39.3 Å². The molecule has 0 bridgehead atoms. The van der Waals surface area contributed by atoms with Gasteiger partial charge in [0.05, 0.1) is 0 Å². The van der Waals surface area contributed by atoms with Gasteiger partial charge in [-0.2, -0.15) is 0 Å². The highest BCUT2D eigenvalue weighted by molar-refractivity contribution is 4.84. The van der Waals surface area contributed by atoms with Crippen LogP contribution in [0.15, 0.2) is 12.7 Å². The number of likely N-dealkylation sites (tertiary alicyclic amines) is 1. The Labute approximate surface area is 88.4 Å². The van der Waals surface area contributed by atoms with Crippen molar-refractivity contribution in [2.24, 2.45) is 5.92 Å². The van der Waals surface area contributed by atoms with Crippen LogP contribution in [0.5, 0.6) is 0 Å². The van der Waals surface area contributed by atoms with E-state index in [1.54, 1.807) is 0 Å². The van der Waals surface area contributed by atoms with Gasteiger partial charge in [0.25, 0.3) is 0 Å². The Hall–Kier alpha value is -0.340. The zero-order valence-electron chi connectivity index (χ0n) is 9.79. The zero-order chi connectivity index (χ0) is 10.6. The minimum Gasteiger partial charge on any atom is -0.310 e. The van der Waals surface area contributed by atoms with Crippen molar-refractivity contribution in [1.29, 1.82) is 0 Å². The van der Waals surface area contributed by atoms with Gasteiger partial charge in [0, 0.05) is 18.6 Å². The summed E-state index contributed by atoms with van der Waals surface area (Å²) < 4.78 is 0. The molecule has 0 radical (unpaired) electrons. The van der Waals surface area contributed by atoms with Gasteiger partial charge in [0.1, 0.15) is 0 Å². The molecular formula is C12H24N2. The molecule has 2 nitrogen and oxygen atoms in total. The fourth-order valence-corrected chi connectivity index (χ4v) is 1.93. The summed E-state index contributed by atoms with van der Waals surface area (Å²) >= 11 is 0. The second-order valence-electron chi connectivity index (χ2n) is 4.68. The second-order valence-corrected chi connectivity index (χ2v) is 4.68. The topological polar surface area (TPSA) is 15.3 Å². The highest BCUT2D eigenvalue weighted by Crippen LogP contribution is 2.17. The van der Waals surface area contributed by atoms with E-state index in [0.717, 1.165) is 12.5 Å². The maximum Gasteiger partial charge on any atom is 0.0219 e. The van der Waals surface area contributed by atoms with Crippen molar-refractivity contribution in [1.82, 2.24) is 10.2 Å². The molecule has 1 heterocycles. The van der Waals surface area contributed by atoms with Crippen molar-refractivity contribution in [3.05, 3.63) is 12.7 Å². The van der Waals surface area contributed by atoms with E-state index in [4.69, 9.17) is 0 Å². The van der Waals surface area contributed by atoms with Crippen LogP contribution in [0.25, 0.3) is 0 Å². The van der Waals surface area contributed by atoms with Crippen LogP contribution >= 0.6 is 0 Å². The van der Waals surface area contributed by atoms with Gasteiger partial charge in [-0.3, -0.25) is 0 Å². The first-order chi connectivity index (χ1) is 6.63. The lowest BCUT2D eigenvalue weighted by Gasteiger charge is -2.20. The highest BCUT2D eigenvalue weighted by Gasteiger charge is 2.23. The molecule has 1 fully saturated rings. The summed E-state index contributed by atoms with van der Waals surface area (Å²) in [7, 11) is 0. The van der Waals surface area contributed by atoms with Crippen molar-refractivity contribution in [3.63, 3.8) is 0 Å². The van der Waals surface area contributed by atoms with E-state index >= 15 is 0 Å². The SMILES string of the molecule is C=CC(C)NCC1CCN(C(C)C)C1. The van der Waals surface area contributed by atoms with Crippen LogP contribution in [-0.2, 0) is 0 Å². The van der Waals surface area contributed by atoms with Gasteiger partial charge in [-0.05, 0) is 46.2 Å². The Bertz CT molecular complexity index is 177. The fourth-order valence-electron chi connectivity index (χ4n) is 1.93. The molecule has 0 amide bonds. The van der Waals surface area contributed by atoms with E-state index < -0.39 is 0 Å². The third-order valence-corrected chi connectivity index (χ3v) is 3.13. The lowest BCUT2D eigenvalue weighted by atomic mass is 10.1. The van der Waals surface area contributed by atoms with E-state index in [0.29, 0.717) is 12.1 Å². The van der Waals surface area contributed by atoms with Crippen molar-refractivity contribution < 1.29 is 0 Å². The third-order valence-electron chi connectivity index (χ3n) is 3.13. The Balaban J connectivity index is 2.19. The van der Waals surface area contributed by atoms with Gasteiger partial charge in [0.15, 0.2) is 0 Å². The predicted octanol–water partition coefficient (Wildman–Crippen LogP) is 1.88. The molecule has 0 aromatic carbocycles. The maximum absolute atomic E-state index is 3.78. The van der Waals surface area contributed by atoms with Crippen LogP contribution in [0.3, 0.4) is 0 Å². The molecule has 82 valence electrons. The normalized spacial score (nSPS) is 25.6.